The van der Waals surface area contributed by atoms with Gasteiger partial charge >= 0.3 is 0 Å². The molecule has 0 N–H and O–H groups in total. The molecule has 0 radical (unpaired) electrons. The second-order valence-corrected chi connectivity index (χ2v) is 9.26. The fourth-order valence-corrected chi connectivity index (χ4v) is 5.45. The molecule has 29 heavy (non-hydrogen) atoms. The zero-order valence-corrected chi connectivity index (χ0v) is 17.7. The molecular weight excluding hydrogens is 398 g/mol. The number of carbonyl (C=O) groups is 2. The van der Waals surface area contributed by atoms with Crippen LogP contribution in [0.25, 0.3) is 0 Å². The van der Waals surface area contributed by atoms with Crippen LogP contribution in [-0.4, -0.2) is 93.9 Å². The average molecular weight is 426 g/mol. The largest absolute Gasteiger partial charge is 0.487 e. The normalized spacial score (nSPS) is 23.8. The number of para-hydroxylation sites is 1. The molecule has 0 spiro atoms. The van der Waals surface area contributed by atoms with Gasteiger partial charge in [-0.25, -0.2) is 8.42 Å². The quantitative estimate of drug-likeness (QED) is 0.682. The van der Waals surface area contributed by atoms with Crippen molar-refractivity contribution < 1.29 is 27.5 Å². The Bertz CT molecular complexity index is 872. The molecule has 0 aromatic heterocycles. The van der Waals surface area contributed by atoms with Crippen LogP contribution in [0, 0.1) is 0 Å². The highest BCUT2D eigenvalue weighted by Gasteiger charge is 2.44. The zero-order chi connectivity index (χ0) is 21.2. The number of likely N-dealkylation sites (N-methyl/N-ethyl adjacent to an activating group) is 1. The van der Waals surface area contributed by atoms with Crippen molar-refractivity contribution in [2.24, 2.45) is 0 Å². The molecule has 0 bridgehead atoms. The van der Waals surface area contributed by atoms with Gasteiger partial charge in [0.2, 0.25) is 21.8 Å². The summed E-state index contributed by atoms with van der Waals surface area (Å²) in [5.41, 5.74) is 0. The third kappa shape index (κ3) is 4.39. The maximum absolute atomic E-state index is 13.4. The molecule has 160 valence electrons. The van der Waals surface area contributed by atoms with E-state index in [1.165, 1.54) is 22.4 Å². The van der Waals surface area contributed by atoms with Crippen molar-refractivity contribution in [3.8, 4) is 5.75 Å². The summed E-state index contributed by atoms with van der Waals surface area (Å²) in [5.74, 6) is -0.189. The fourth-order valence-electron chi connectivity index (χ4n) is 3.70. The monoisotopic (exact) mass is 425 g/mol. The molecule has 10 heteroatoms. The molecule has 0 saturated carbocycles. The van der Waals surface area contributed by atoms with Gasteiger partial charge in [0.1, 0.15) is 23.4 Å². The Morgan fingerprint density at radius 3 is 2.59 bits per heavy atom. The summed E-state index contributed by atoms with van der Waals surface area (Å²) in [6.45, 7) is 0.493. The van der Waals surface area contributed by atoms with E-state index in [0.29, 0.717) is 25.9 Å². The van der Waals surface area contributed by atoms with Crippen molar-refractivity contribution in [3.63, 3.8) is 0 Å². The number of hydrogen-bond acceptors (Lipinski definition) is 6. The van der Waals surface area contributed by atoms with E-state index in [9.17, 15) is 18.0 Å². The first-order chi connectivity index (χ1) is 13.8. The molecule has 0 aliphatic carbocycles. The molecule has 2 aliphatic rings. The third-order valence-electron chi connectivity index (χ3n) is 5.30. The SMILES string of the molecule is COCC(=O)N1CC[C@@H]2[C@@H](CC1)Oc1ccccc1S(=O)(=O)N2CC(=O)N(C)C. The van der Waals surface area contributed by atoms with Gasteiger partial charge in [0.25, 0.3) is 0 Å². The molecule has 2 amide bonds. The summed E-state index contributed by atoms with van der Waals surface area (Å²) >= 11 is 0. The molecule has 3 rings (SSSR count). The van der Waals surface area contributed by atoms with Crippen molar-refractivity contribution in [2.75, 3.05) is 47.4 Å². The minimum atomic E-state index is -3.95. The van der Waals surface area contributed by atoms with Crippen LogP contribution in [0.2, 0.25) is 0 Å². The van der Waals surface area contributed by atoms with Gasteiger partial charge in [-0.15, -0.1) is 0 Å². The third-order valence-corrected chi connectivity index (χ3v) is 7.21. The summed E-state index contributed by atoms with van der Waals surface area (Å²) < 4.78 is 39.2. The second kappa shape index (κ2) is 8.68. The molecule has 1 aromatic carbocycles. The number of sulfonamides is 1. The Morgan fingerprint density at radius 2 is 1.90 bits per heavy atom. The van der Waals surface area contributed by atoms with E-state index >= 15 is 0 Å². The predicted molar refractivity (Wildman–Crippen MR) is 105 cm³/mol. The van der Waals surface area contributed by atoms with Crippen molar-refractivity contribution in [2.45, 2.75) is 29.9 Å². The lowest BCUT2D eigenvalue weighted by Gasteiger charge is -2.31. The van der Waals surface area contributed by atoms with Crippen molar-refractivity contribution in [3.05, 3.63) is 24.3 Å². The van der Waals surface area contributed by atoms with Crippen molar-refractivity contribution in [1.29, 1.82) is 0 Å². The van der Waals surface area contributed by atoms with E-state index in [0.717, 1.165) is 0 Å². The van der Waals surface area contributed by atoms with Gasteiger partial charge in [0.05, 0.1) is 12.6 Å². The van der Waals surface area contributed by atoms with E-state index in [-0.39, 0.29) is 35.6 Å². The number of amides is 2. The van der Waals surface area contributed by atoms with Gasteiger partial charge < -0.3 is 19.3 Å². The van der Waals surface area contributed by atoms with Crippen LogP contribution in [0.4, 0.5) is 0 Å². The predicted octanol–water partition coefficient (Wildman–Crippen LogP) is 0.164. The number of rotatable bonds is 4. The van der Waals surface area contributed by atoms with Crippen LogP contribution in [0.15, 0.2) is 29.2 Å². The van der Waals surface area contributed by atoms with Crippen LogP contribution in [-0.2, 0) is 24.3 Å². The van der Waals surface area contributed by atoms with E-state index in [1.54, 1.807) is 37.2 Å². The summed E-state index contributed by atoms with van der Waals surface area (Å²) in [6.07, 6.45) is 0.355. The van der Waals surface area contributed by atoms with Gasteiger partial charge in [-0.3, -0.25) is 9.59 Å². The summed E-state index contributed by atoms with van der Waals surface area (Å²) in [7, 11) is 0.690. The smallest absolute Gasteiger partial charge is 0.248 e. The minimum Gasteiger partial charge on any atom is -0.487 e. The average Bonchev–Trinajstić information content (AvgIpc) is 2.92. The van der Waals surface area contributed by atoms with Gasteiger partial charge in [-0.1, -0.05) is 12.1 Å². The van der Waals surface area contributed by atoms with Gasteiger partial charge in [0.15, 0.2) is 0 Å². The van der Waals surface area contributed by atoms with Crippen LogP contribution >= 0.6 is 0 Å². The standard InChI is InChI=1S/C19H27N3O6S/c1-20(2)18(23)12-22-14-8-10-21(19(24)13-27-3)11-9-15(14)28-16-6-4-5-7-17(16)29(22,25)26/h4-7,14-15H,8-13H2,1-3H3/t14-,15-/m1/s1. The molecule has 9 nitrogen and oxygen atoms in total. The molecule has 0 unspecified atom stereocenters. The number of nitrogens with zero attached hydrogens (tertiary/aromatic N) is 3. The Balaban J connectivity index is 1.99. The molecular formula is C19H27N3O6S. The lowest BCUT2D eigenvalue weighted by Crippen LogP contribution is -2.50. The van der Waals surface area contributed by atoms with Crippen molar-refractivity contribution >= 4 is 21.8 Å². The molecule has 1 saturated heterocycles. The second-order valence-electron chi connectivity index (χ2n) is 7.40. The van der Waals surface area contributed by atoms with Gasteiger partial charge in [0, 0.05) is 40.7 Å². The summed E-state index contributed by atoms with van der Waals surface area (Å²) in [5, 5.41) is 0. The maximum atomic E-state index is 13.4. The Hall–Kier alpha value is -2.17. The van der Waals surface area contributed by atoms with E-state index < -0.39 is 22.2 Å². The van der Waals surface area contributed by atoms with Gasteiger partial charge in [-0.05, 0) is 18.6 Å². The summed E-state index contributed by atoms with van der Waals surface area (Å²) in [6, 6.07) is 5.92. The molecule has 1 aromatic rings. The van der Waals surface area contributed by atoms with Crippen LogP contribution in [0.1, 0.15) is 12.8 Å². The fraction of sp³-hybridized carbons (Fsp3) is 0.579. The molecule has 1 fully saturated rings. The maximum Gasteiger partial charge on any atom is 0.248 e. The van der Waals surface area contributed by atoms with Gasteiger partial charge in [-0.2, -0.15) is 4.31 Å². The highest BCUT2D eigenvalue weighted by atomic mass is 32.2. The first-order valence-electron chi connectivity index (χ1n) is 9.50. The Labute approximate surface area is 171 Å². The number of benzene rings is 1. The van der Waals surface area contributed by atoms with Crippen molar-refractivity contribution in [1.82, 2.24) is 14.1 Å². The van der Waals surface area contributed by atoms with E-state index in [4.69, 9.17) is 9.47 Å². The first-order valence-corrected chi connectivity index (χ1v) is 10.9. The Kier molecular flexibility index (Phi) is 6.45. The molecule has 2 aliphatic heterocycles. The topological polar surface area (TPSA) is 96.5 Å². The number of hydrogen-bond donors (Lipinski definition) is 0. The van der Waals surface area contributed by atoms with Crippen LogP contribution in [0.5, 0.6) is 5.75 Å². The van der Waals surface area contributed by atoms with Crippen LogP contribution < -0.4 is 4.74 Å². The zero-order valence-electron chi connectivity index (χ0n) is 16.9. The van der Waals surface area contributed by atoms with E-state index in [1.807, 2.05) is 0 Å². The number of methoxy groups -OCH3 is 1. The molecule has 2 heterocycles. The van der Waals surface area contributed by atoms with E-state index in [2.05, 4.69) is 0 Å². The minimum absolute atomic E-state index is 0.0276. The van der Waals surface area contributed by atoms with Crippen LogP contribution in [0.3, 0.4) is 0 Å². The Morgan fingerprint density at radius 1 is 1.21 bits per heavy atom. The lowest BCUT2D eigenvalue weighted by molar-refractivity contribution is -0.135. The number of likely N-dealkylation sites (tertiary alicyclic amines) is 1. The molecule has 2 atom stereocenters. The highest BCUT2D eigenvalue weighted by Crippen LogP contribution is 2.36. The lowest BCUT2D eigenvalue weighted by atomic mass is 10.1. The summed E-state index contributed by atoms with van der Waals surface area (Å²) in [4.78, 5) is 27.8. The number of fused-ring (bicyclic) bond motifs is 2. The number of carbonyl (C=O) groups excluding carboxylic acids is 2. The highest BCUT2D eigenvalue weighted by molar-refractivity contribution is 7.89. The number of ether oxygens (including phenoxy) is 2. The first kappa shape index (κ1) is 21.5.